The molecule has 2 aliphatic rings. The highest BCUT2D eigenvalue weighted by Gasteiger charge is 2.32. The SMILES string of the molecule is CC1(NCC(=O)N2CCCC2)CCC1. The van der Waals surface area contributed by atoms with Gasteiger partial charge < -0.3 is 10.2 Å². The van der Waals surface area contributed by atoms with E-state index >= 15 is 0 Å². The van der Waals surface area contributed by atoms with Crippen LogP contribution in [0.5, 0.6) is 0 Å². The lowest BCUT2D eigenvalue weighted by atomic mass is 9.78. The van der Waals surface area contributed by atoms with E-state index in [0.717, 1.165) is 13.1 Å². The molecule has 0 aromatic rings. The third kappa shape index (κ3) is 2.08. The molecule has 0 aromatic heterocycles. The maximum absolute atomic E-state index is 11.7. The van der Waals surface area contributed by atoms with E-state index in [2.05, 4.69) is 12.2 Å². The van der Waals surface area contributed by atoms with Crippen LogP contribution in [0.3, 0.4) is 0 Å². The van der Waals surface area contributed by atoms with Crippen LogP contribution < -0.4 is 5.32 Å². The number of hydrogen-bond donors (Lipinski definition) is 1. The molecule has 1 aliphatic carbocycles. The Morgan fingerprint density at radius 1 is 1.29 bits per heavy atom. The van der Waals surface area contributed by atoms with Crippen molar-refractivity contribution in [3.63, 3.8) is 0 Å². The number of likely N-dealkylation sites (tertiary alicyclic amines) is 1. The van der Waals surface area contributed by atoms with Gasteiger partial charge in [-0.25, -0.2) is 0 Å². The van der Waals surface area contributed by atoms with Gasteiger partial charge in [-0.15, -0.1) is 0 Å². The number of carbonyl (C=O) groups is 1. The standard InChI is InChI=1S/C11H20N2O/c1-11(5-4-6-11)12-9-10(14)13-7-2-3-8-13/h12H,2-9H2,1H3. The van der Waals surface area contributed by atoms with Gasteiger partial charge in [0.15, 0.2) is 0 Å². The van der Waals surface area contributed by atoms with Crippen molar-refractivity contribution >= 4 is 5.91 Å². The summed E-state index contributed by atoms with van der Waals surface area (Å²) in [7, 11) is 0. The van der Waals surface area contributed by atoms with Gasteiger partial charge in [0.05, 0.1) is 6.54 Å². The first kappa shape index (κ1) is 9.97. The van der Waals surface area contributed by atoms with Crippen molar-refractivity contribution in [2.75, 3.05) is 19.6 Å². The van der Waals surface area contributed by atoms with E-state index in [1.165, 1.54) is 32.1 Å². The van der Waals surface area contributed by atoms with Crippen LogP contribution >= 0.6 is 0 Å². The molecule has 3 heteroatoms. The monoisotopic (exact) mass is 196 g/mol. The molecular formula is C11H20N2O. The van der Waals surface area contributed by atoms with Crippen LogP contribution in [0.15, 0.2) is 0 Å². The van der Waals surface area contributed by atoms with Crippen molar-refractivity contribution in [2.45, 2.75) is 44.6 Å². The predicted octanol–water partition coefficient (Wildman–Crippen LogP) is 1.14. The maximum Gasteiger partial charge on any atom is 0.236 e. The van der Waals surface area contributed by atoms with Crippen LogP contribution in [-0.4, -0.2) is 36.0 Å². The second kappa shape index (κ2) is 3.89. The first-order chi connectivity index (χ1) is 6.70. The van der Waals surface area contributed by atoms with Gasteiger partial charge in [-0.1, -0.05) is 0 Å². The summed E-state index contributed by atoms with van der Waals surface area (Å²) >= 11 is 0. The Hall–Kier alpha value is -0.570. The molecule has 2 fully saturated rings. The summed E-state index contributed by atoms with van der Waals surface area (Å²) in [6, 6.07) is 0. The lowest BCUT2D eigenvalue weighted by Crippen LogP contribution is -2.51. The second-order valence-corrected chi connectivity index (χ2v) is 4.86. The van der Waals surface area contributed by atoms with E-state index < -0.39 is 0 Å². The molecule has 0 radical (unpaired) electrons. The van der Waals surface area contributed by atoms with Crippen molar-refractivity contribution in [1.29, 1.82) is 0 Å². The molecular weight excluding hydrogens is 176 g/mol. The third-order valence-electron chi connectivity index (χ3n) is 3.58. The van der Waals surface area contributed by atoms with Crippen molar-refractivity contribution in [3.8, 4) is 0 Å². The van der Waals surface area contributed by atoms with E-state index in [4.69, 9.17) is 0 Å². The quantitative estimate of drug-likeness (QED) is 0.734. The van der Waals surface area contributed by atoms with Gasteiger partial charge >= 0.3 is 0 Å². The van der Waals surface area contributed by atoms with Crippen molar-refractivity contribution in [2.24, 2.45) is 0 Å². The van der Waals surface area contributed by atoms with Crippen LogP contribution in [0.25, 0.3) is 0 Å². The van der Waals surface area contributed by atoms with Gasteiger partial charge in [0.2, 0.25) is 5.91 Å². The molecule has 1 amide bonds. The van der Waals surface area contributed by atoms with E-state index in [1.54, 1.807) is 0 Å². The zero-order valence-corrected chi connectivity index (χ0v) is 9.01. The molecule has 1 aliphatic heterocycles. The zero-order chi connectivity index (χ0) is 10.0. The molecule has 80 valence electrons. The van der Waals surface area contributed by atoms with Crippen molar-refractivity contribution < 1.29 is 4.79 Å². The summed E-state index contributed by atoms with van der Waals surface area (Å²) in [5.74, 6) is 0.288. The van der Waals surface area contributed by atoms with Gasteiger partial charge in [0, 0.05) is 18.6 Å². The number of amides is 1. The first-order valence-electron chi connectivity index (χ1n) is 5.72. The van der Waals surface area contributed by atoms with E-state index in [-0.39, 0.29) is 11.4 Å². The molecule has 0 bridgehead atoms. The summed E-state index contributed by atoms with van der Waals surface area (Å²) in [5.41, 5.74) is 0.259. The molecule has 3 nitrogen and oxygen atoms in total. The Morgan fingerprint density at radius 2 is 1.93 bits per heavy atom. The van der Waals surface area contributed by atoms with Crippen LogP contribution in [0.1, 0.15) is 39.0 Å². The average molecular weight is 196 g/mol. The van der Waals surface area contributed by atoms with Gasteiger partial charge in [0.25, 0.3) is 0 Å². The van der Waals surface area contributed by atoms with E-state index in [0.29, 0.717) is 6.54 Å². The lowest BCUT2D eigenvalue weighted by molar-refractivity contribution is -0.129. The Balaban J connectivity index is 1.71. The van der Waals surface area contributed by atoms with Crippen LogP contribution in [0, 0.1) is 0 Å². The second-order valence-electron chi connectivity index (χ2n) is 4.86. The first-order valence-corrected chi connectivity index (χ1v) is 5.72. The highest BCUT2D eigenvalue weighted by molar-refractivity contribution is 5.78. The fourth-order valence-corrected chi connectivity index (χ4v) is 2.25. The highest BCUT2D eigenvalue weighted by atomic mass is 16.2. The maximum atomic E-state index is 11.7. The molecule has 14 heavy (non-hydrogen) atoms. The highest BCUT2D eigenvalue weighted by Crippen LogP contribution is 2.30. The molecule has 0 atom stereocenters. The molecule has 1 heterocycles. The van der Waals surface area contributed by atoms with Crippen LogP contribution in [0.4, 0.5) is 0 Å². The predicted molar refractivity (Wildman–Crippen MR) is 56.1 cm³/mol. The Kier molecular flexibility index (Phi) is 2.77. The largest absolute Gasteiger partial charge is 0.342 e. The summed E-state index contributed by atoms with van der Waals surface area (Å²) in [6.07, 6.45) is 6.12. The summed E-state index contributed by atoms with van der Waals surface area (Å²) in [5, 5.41) is 3.38. The van der Waals surface area contributed by atoms with Crippen molar-refractivity contribution in [3.05, 3.63) is 0 Å². The van der Waals surface area contributed by atoms with Crippen LogP contribution in [-0.2, 0) is 4.79 Å². The molecule has 0 aromatic carbocycles. The minimum atomic E-state index is 0.259. The summed E-state index contributed by atoms with van der Waals surface area (Å²) in [4.78, 5) is 13.7. The number of nitrogens with one attached hydrogen (secondary N) is 1. The molecule has 0 spiro atoms. The number of carbonyl (C=O) groups excluding carboxylic acids is 1. The van der Waals surface area contributed by atoms with E-state index in [1.807, 2.05) is 4.90 Å². The molecule has 1 saturated heterocycles. The molecule has 1 N–H and O–H groups in total. The fourth-order valence-electron chi connectivity index (χ4n) is 2.25. The van der Waals surface area contributed by atoms with Crippen LogP contribution in [0.2, 0.25) is 0 Å². The minimum Gasteiger partial charge on any atom is -0.342 e. The normalized spacial score (nSPS) is 24.8. The summed E-state index contributed by atoms with van der Waals surface area (Å²) < 4.78 is 0. The molecule has 1 saturated carbocycles. The smallest absolute Gasteiger partial charge is 0.236 e. The lowest BCUT2D eigenvalue weighted by Gasteiger charge is -2.39. The van der Waals surface area contributed by atoms with Crippen molar-refractivity contribution in [1.82, 2.24) is 10.2 Å². The fraction of sp³-hybridized carbons (Fsp3) is 0.909. The Morgan fingerprint density at radius 3 is 2.43 bits per heavy atom. The Bertz CT molecular complexity index is 217. The van der Waals surface area contributed by atoms with Gasteiger partial charge in [-0.05, 0) is 39.0 Å². The number of rotatable bonds is 3. The molecule has 2 rings (SSSR count). The van der Waals surface area contributed by atoms with Gasteiger partial charge in [-0.3, -0.25) is 4.79 Å². The average Bonchev–Trinajstić information content (AvgIpc) is 2.63. The van der Waals surface area contributed by atoms with Gasteiger partial charge in [-0.2, -0.15) is 0 Å². The zero-order valence-electron chi connectivity index (χ0n) is 9.01. The number of nitrogens with zero attached hydrogens (tertiary/aromatic N) is 1. The number of hydrogen-bond acceptors (Lipinski definition) is 2. The third-order valence-corrected chi connectivity index (χ3v) is 3.58. The summed E-state index contributed by atoms with van der Waals surface area (Å²) in [6.45, 7) is 4.69. The minimum absolute atomic E-state index is 0.259. The van der Waals surface area contributed by atoms with E-state index in [9.17, 15) is 4.79 Å². The topological polar surface area (TPSA) is 32.3 Å². The Labute approximate surface area is 85.8 Å². The molecule has 0 unspecified atom stereocenters. The van der Waals surface area contributed by atoms with Gasteiger partial charge in [0.1, 0.15) is 0 Å².